The minimum absolute atomic E-state index is 0.300. The Balaban J connectivity index is 1.29. The van der Waals surface area contributed by atoms with E-state index in [1.54, 1.807) is 0 Å². The molecule has 5 aliphatic rings. The lowest BCUT2D eigenvalue weighted by Crippen LogP contribution is -2.57. The van der Waals surface area contributed by atoms with Crippen molar-refractivity contribution in [3.63, 3.8) is 0 Å². The zero-order valence-corrected chi connectivity index (χ0v) is 27.3. The molecule has 5 heteroatoms. The number of thioether (sulfide) groups is 2. The Labute approximate surface area is 232 Å². The van der Waals surface area contributed by atoms with Crippen LogP contribution in [0.25, 0.3) is 0 Å². The highest BCUT2D eigenvalue weighted by atomic mass is 32.2. The number of hydrogen-bond donors (Lipinski definition) is 1. The van der Waals surface area contributed by atoms with Crippen molar-refractivity contribution < 1.29 is 9.53 Å². The lowest BCUT2D eigenvalue weighted by molar-refractivity contribution is -0.140. The maximum absolute atomic E-state index is 12.0. The molecule has 9 atom stereocenters. The molecule has 0 spiro atoms. The van der Waals surface area contributed by atoms with Gasteiger partial charge in [0.2, 0.25) is 0 Å². The third-order valence-corrected chi connectivity index (χ3v) is 20.9. The van der Waals surface area contributed by atoms with Gasteiger partial charge in [0.1, 0.15) is 0 Å². The summed E-state index contributed by atoms with van der Waals surface area (Å²) in [5.74, 6) is 6.38. The van der Waals surface area contributed by atoms with Gasteiger partial charge in [-0.25, -0.2) is 0 Å². The largest absolute Gasteiger partial charge is 0.414 e. The summed E-state index contributed by atoms with van der Waals surface area (Å²) in [6.07, 6.45) is 13.9. The topological polar surface area (TPSA) is 29.5 Å². The molecule has 208 valence electrons. The average Bonchev–Trinajstić information content (AvgIpc) is 3.17. The fourth-order valence-corrected chi connectivity index (χ4v) is 14.5. The predicted octanol–water partition coefficient (Wildman–Crippen LogP) is 8.98. The average molecular weight is 553 g/mol. The van der Waals surface area contributed by atoms with E-state index < -0.39 is 13.9 Å². The first-order valence-corrected chi connectivity index (χ1v) is 20.3. The van der Waals surface area contributed by atoms with Crippen molar-refractivity contribution in [1.82, 2.24) is 0 Å². The molecule has 0 amide bonds. The highest BCUT2D eigenvalue weighted by molar-refractivity contribution is 8.17. The predicted molar refractivity (Wildman–Crippen MR) is 161 cm³/mol. The van der Waals surface area contributed by atoms with Gasteiger partial charge in [0.25, 0.3) is 0 Å². The Kier molecular flexibility index (Phi) is 7.67. The molecular weight excluding hydrogens is 497 g/mol. The van der Waals surface area contributed by atoms with Crippen LogP contribution in [0.1, 0.15) is 106 Å². The van der Waals surface area contributed by atoms with Gasteiger partial charge in [-0.2, -0.15) is 0 Å². The quantitative estimate of drug-likeness (QED) is 0.352. The van der Waals surface area contributed by atoms with Crippen LogP contribution in [-0.2, 0) is 4.43 Å². The summed E-state index contributed by atoms with van der Waals surface area (Å²) in [6, 6.07) is 0. The van der Waals surface area contributed by atoms with Crippen LogP contribution in [-0.4, -0.2) is 41.2 Å². The monoisotopic (exact) mass is 552 g/mol. The van der Waals surface area contributed by atoms with Crippen LogP contribution in [0.4, 0.5) is 0 Å². The molecular formula is C31H56O2S2Si. The van der Waals surface area contributed by atoms with E-state index in [4.69, 9.17) is 4.43 Å². The standard InChI is InChI=1S/C31H56O2S2Si/c1-28(2,3)36(7,8)33-22-14-16-29(4)21(20-22)10-11-23-24-12-13-26(30(24,5)17-15-25(23)29)31(6,32)27-34-18-9-19-35-27/h21-27,32H,9-20H2,1-8H3/t21?,22-,23-,24-,25-,26-,29-,30-,31+/m0/s1. The van der Waals surface area contributed by atoms with E-state index in [1.807, 2.05) is 23.5 Å². The molecule has 1 N–H and O–H groups in total. The number of hydrogen-bond acceptors (Lipinski definition) is 4. The zero-order valence-electron chi connectivity index (χ0n) is 24.7. The van der Waals surface area contributed by atoms with E-state index in [0.29, 0.717) is 32.5 Å². The Bertz CT molecular complexity index is 803. The van der Waals surface area contributed by atoms with Gasteiger partial charge in [0.05, 0.1) is 10.2 Å². The van der Waals surface area contributed by atoms with Gasteiger partial charge in [0, 0.05) is 6.10 Å². The molecule has 4 aliphatic carbocycles. The van der Waals surface area contributed by atoms with Crippen molar-refractivity contribution in [2.45, 2.75) is 140 Å². The highest BCUT2D eigenvalue weighted by Gasteiger charge is 2.63. The van der Waals surface area contributed by atoms with Crippen molar-refractivity contribution in [3.05, 3.63) is 0 Å². The second-order valence-electron chi connectivity index (χ2n) is 15.8. The molecule has 0 bridgehead atoms. The van der Waals surface area contributed by atoms with Crippen molar-refractivity contribution in [2.24, 2.45) is 40.4 Å². The lowest BCUT2D eigenvalue weighted by Gasteiger charge is -2.62. The van der Waals surface area contributed by atoms with E-state index in [2.05, 4.69) is 54.6 Å². The first kappa shape index (κ1) is 28.4. The normalized spacial score (nSPS) is 45.9. The van der Waals surface area contributed by atoms with Crippen LogP contribution >= 0.6 is 23.5 Å². The number of rotatable bonds is 4. The van der Waals surface area contributed by atoms with Crippen LogP contribution in [0, 0.1) is 40.4 Å². The van der Waals surface area contributed by atoms with E-state index in [1.165, 1.54) is 75.7 Å². The highest BCUT2D eigenvalue weighted by Crippen LogP contribution is 2.69. The Morgan fingerprint density at radius 3 is 2.14 bits per heavy atom. The second kappa shape index (κ2) is 9.74. The van der Waals surface area contributed by atoms with Crippen molar-refractivity contribution >= 4 is 31.8 Å². The molecule has 5 rings (SSSR count). The lowest BCUT2D eigenvalue weighted by atomic mass is 9.44. The summed E-state index contributed by atoms with van der Waals surface area (Å²) in [5.41, 5.74) is 0.300. The zero-order chi connectivity index (χ0) is 26.1. The molecule has 1 saturated heterocycles. The van der Waals surface area contributed by atoms with E-state index in [9.17, 15) is 5.11 Å². The molecule has 0 radical (unpaired) electrons. The van der Waals surface area contributed by atoms with Crippen LogP contribution < -0.4 is 0 Å². The molecule has 0 aromatic carbocycles. The summed E-state index contributed by atoms with van der Waals surface area (Å²) in [4.78, 5) is 0. The van der Waals surface area contributed by atoms with Gasteiger partial charge < -0.3 is 9.53 Å². The Morgan fingerprint density at radius 1 is 0.833 bits per heavy atom. The maximum atomic E-state index is 12.0. The van der Waals surface area contributed by atoms with Gasteiger partial charge in [-0.3, -0.25) is 0 Å². The van der Waals surface area contributed by atoms with Gasteiger partial charge in [-0.1, -0.05) is 34.6 Å². The van der Waals surface area contributed by atoms with Crippen LogP contribution in [0.3, 0.4) is 0 Å². The van der Waals surface area contributed by atoms with Crippen LogP contribution in [0.2, 0.25) is 18.1 Å². The number of fused-ring (bicyclic) bond motifs is 5. The molecule has 1 aliphatic heterocycles. The summed E-state index contributed by atoms with van der Waals surface area (Å²) in [7, 11) is -1.70. The molecule has 2 nitrogen and oxygen atoms in total. The summed E-state index contributed by atoms with van der Waals surface area (Å²) in [6.45, 7) is 19.5. The molecule has 1 heterocycles. The third kappa shape index (κ3) is 4.63. The van der Waals surface area contributed by atoms with E-state index >= 15 is 0 Å². The molecule has 5 fully saturated rings. The summed E-state index contributed by atoms with van der Waals surface area (Å²) < 4.78 is 7.34. The summed E-state index contributed by atoms with van der Waals surface area (Å²) >= 11 is 4.08. The molecule has 1 unspecified atom stereocenters. The van der Waals surface area contributed by atoms with Gasteiger partial charge in [-0.15, -0.1) is 23.5 Å². The van der Waals surface area contributed by atoms with Gasteiger partial charge in [-0.05, 0) is 141 Å². The molecule has 0 aromatic heterocycles. The van der Waals surface area contributed by atoms with Gasteiger partial charge in [0.15, 0.2) is 8.32 Å². The van der Waals surface area contributed by atoms with Crippen LogP contribution in [0.15, 0.2) is 0 Å². The minimum atomic E-state index is -1.70. The fraction of sp³-hybridized carbons (Fsp3) is 1.00. The molecule has 36 heavy (non-hydrogen) atoms. The number of aliphatic hydroxyl groups is 1. The molecule has 0 aromatic rings. The minimum Gasteiger partial charge on any atom is -0.414 e. The smallest absolute Gasteiger partial charge is 0.192 e. The summed E-state index contributed by atoms with van der Waals surface area (Å²) in [5, 5.41) is 12.3. The fourth-order valence-electron chi connectivity index (χ4n) is 9.87. The Hall–Kier alpha value is 0.837. The maximum Gasteiger partial charge on any atom is 0.192 e. The first-order valence-electron chi connectivity index (χ1n) is 15.3. The van der Waals surface area contributed by atoms with Gasteiger partial charge >= 0.3 is 0 Å². The van der Waals surface area contributed by atoms with Crippen LogP contribution in [0.5, 0.6) is 0 Å². The van der Waals surface area contributed by atoms with Crippen molar-refractivity contribution in [1.29, 1.82) is 0 Å². The van der Waals surface area contributed by atoms with Crippen molar-refractivity contribution in [3.8, 4) is 0 Å². The molecule has 4 saturated carbocycles. The SMILES string of the molecule is CC(C)(C)[Si](C)(C)O[C@H]1CC[C@@]2(C)C(CC[C@H]3[C@@H]4CC[C@H]([C@@](C)(O)C5SCCCS5)[C@@]4(C)CC[C@@H]32)C1. The second-order valence-corrected chi connectivity index (χ2v) is 23.2. The van der Waals surface area contributed by atoms with Crippen molar-refractivity contribution in [2.75, 3.05) is 11.5 Å². The third-order valence-electron chi connectivity index (χ3n) is 12.9. The van der Waals surface area contributed by atoms with E-state index in [-0.39, 0.29) is 0 Å². The first-order chi connectivity index (χ1) is 16.7. The van der Waals surface area contributed by atoms with E-state index in [0.717, 1.165) is 23.7 Å². The Morgan fingerprint density at radius 2 is 1.47 bits per heavy atom.